The van der Waals surface area contributed by atoms with E-state index in [0.29, 0.717) is 16.8 Å². The zero-order valence-electron chi connectivity index (χ0n) is 14.3. The molecule has 0 atom stereocenters. The van der Waals surface area contributed by atoms with Crippen LogP contribution in [-0.4, -0.2) is 36.9 Å². The molecular weight excluding hydrogens is 304 g/mol. The molecule has 2 N–H and O–H groups in total. The summed E-state index contributed by atoms with van der Waals surface area (Å²) in [5, 5.41) is 5.61. The fraction of sp³-hybridized carbons (Fsp3) is 0.278. The van der Waals surface area contributed by atoms with Crippen LogP contribution in [0.2, 0.25) is 0 Å². The number of benzene rings is 1. The molecule has 126 valence electrons. The van der Waals surface area contributed by atoms with Gasteiger partial charge in [-0.1, -0.05) is 0 Å². The lowest BCUT2D eigenvalue weighted by atomic mass is 10.1. The number of nitrogens with zero attached hydrogens (tertiary/aromatic N) is 2. The molecule has 2 amide bonds. The zero-order valence-corrected chi connectivity index (χ0v) is 14.3. The maximum Gasteiger partial charge on any atom is 0.257 e. The SMILES string of the molecule is CC(C)NC(=O)c1ccc(NC(=O)c2ccc(N(C)C)nc2)cc1. The summed E-state index contributed by atoms with van der Waals surface area (Å²) in [5.74, 6) is 0.408. The van der Waals surface area contributed by atoms with Gasteiger partial charge in [-0.3, -0.25) is 9.59 Å². The monoisotopic (exact) mass is 326 g/mol. The second kappa shape index (κ2) is 7.59. The van der Waals surface area contributed by atoms with E-state index < -0.39 is 0 Å². The minimum atomic E-state index is -0.243. The first-order valence-corrected chi connectivity index (χ1v) is 7.72. The van der Waals surface area contributed by atoms with Crippen molar-refractivity contribution < 1.29 is 9.59 Å². The molecule has 0 bridgehead atoms. The summed E-state index contributed by atoms with van der Waals surface area (Å²) < 4.78 is 0. The van der Waals surface area contributed by atoms with Gasteiger partial charge in [-0.15, -0.1) is 0 Å². The third kappa shape index (κ3) is 4.55. The van der Waals surface area contributed by atoms with Crippen molar-refractivity contribution in [3.8, 4) is 0 Å². The number of nitrogens with one attached hydrogen (secondary N) is 2. The Balaban J connectivity index is 2.02. The fourth-order valence-electron chi connectivity index (χ4n) is 2.04. The van der Waals surface area contributed by atoms with Crippen molar-refractivity contribution in [2.24, 2.45) is 0 Å². The van der Waals surface area contributed by atoms with E-state index in [9.17, 15) is 9.59 Å². The van der Waals surface area contributed by atoms with E-state index in [4.69, 9.17) is 0 Å². The predicted molar refractivity (Wildman–Crippen MR) is 95.6 cm³/mol. The number of pyridine rings is 1. The Bertz CT molecular complexity index is 707. The summed E-state index contributed by atoms with van der Waals surface area (Å²) in [6, 6.07) is 10.4. The second-order valence-corrected chi connectivity index (χ2v) is 5.96. The molecular formula is C18H22N4O2. The number of amides is 2. The lowest BCUT2D eigenvalue weighted by molar-refractivity contribution is 0.0942. The third-order valence-electron chi connectivity index (χ3n) is 3.29. The third-order valence-corrected chi connectivity index (χ3v) is 3.29. The molecule has 2 rings (SSSR count). The molecule has 0 fully saturated rings. The van der Waals surface area contributed by atoms with Crippen LogP contribution in [0.25, 0.3) is 0 Å². The summed E-state index contributed by atoms with van der Waals surface area (Å²) in [6.07, 6.45) is 1.54. The molecule has 0 aliphatic carbocycles. The van der Waals surface area contributed by atoms with Gasteiger partial charge in [-0.05, 0) is 50.2 Å². The van der Waals surface area contributed by atoms with Crippen molar-refractivity contribution in [2.75, 3.05) is 24.3 Å². The Labute approximate surface area is 141 Å². The van der Waals surface area contributed by atoms with E-state index >= 15 is 0 Å². The van der Waals surface area contributed by atoms with Crippen molar-refractivity contribution in [3.05, 3.63) is 53.7 Å². The molecule has 0 aliphatic heterocycles. The van der Waals surface area contributed by atoms with Crippen LogP contribution in [0.1, 0.15) is 34.6 Å². The number of carbonyl (C=O) groups is 2. The molecule has 1 heterocycles. The predicted octanol–water partition coefficient (Wildman–Crippen LogP) is 2.54. The van der Waals surface area contributed by atoms with E-state index in [0.717, 1.165) is 5.82 Å². The topological polar surface area (TPSA) is 74.3 Å². The zero-order chi connectivity index (χ0) is 17.7. The number of hydrogen-bond acceptors (Lipinski definition) is 4. The molecule has 0 saturated heterocycles. The van der Waals surface area contributed by atoms with Crippen molar-refractivity contribution >= 4 is 23.3 Å². The highest BCUT2D eigenvalue weighted by atomic mass is 16.2. The molecule has 0 spiro atoms. The second-order valence-electron chi connectivity index (χ2n) is 5.96. The number of hydrogen-bond donors (Lipinski definition) is 2. The van der Waals surface area contributed by atoms with Gasteiger partial charge in [0, 0.05) is 37.6 Å². The highest BCUT2D eigenvalue weighted by Crippen LogP contribution is 2.13. The van der Waals surface area contributed by atoms with Crippen LogP contribution in [0.5, 0.6) is 0 Å². The Morgan fingerprint density at radius 3 is 2.08 bits per heavy atom. The molecule has 6 nitrogen and oxygen atoms in total. The van der Waals surface area contributed by atoms with Gasteiger partial charge in [0.15, 0.2) is 0 Å². The number of rotatable bonds is 5. The Morgan fingerprint density at radius 1 is 0.958 bits per heavy atom. The van der Waals surface area contributed by atoms with Gasteiger partial charge >= 0.3 is 0 Å². The normalized spacial score (nSPS) is 10.4. The van der Waals surface area contributed by atoms with Crippen molar-refractivity contribution in [2.45, 2.75) is 19.9 Å². The number of carbonyl (C=O) groups excluding carboxylic acids is 2. The van der Waals surface area contributed by atoms with Gasteiger partial charge in [-0.25, -0.2) is 4.98 Å². The van der Waals surface area contributed by atoms with Crippen LogP contribution in [0.15, 0.2) is 42.6 Å². The first-order valence-electron chi connectivity index (χ1n) is 7.72. The smallest absolute Gasteiger partial charge is 0.257 e. The first-order chi connectivity index (χ1) is 11.4. The Hall–Kier alpha value is -2.89. The van der Waals surface area contributed by atoms with E-state index in [1.165, 1.54) is 6.20 Å². The summed E-state index contributed by atoms with van der Waals surface area (Å²) in [5.41, 5.74) is 1.65. The summed E-state index contributed by atoms with van der Waals surface area (Å²) in [7, 11) is 3.78. The van der Waals surface area contributed by atoms with E-state index in [2.05, 4.69) is 15.6 Å². The maximum atomic E-state index is 12.2. The molecule has 1 aromatic heterocycles. The average molecular weight is 326 g/mol. The van der Waals surface area contributed by atoms with Crippen LogP contribution >= 0.6 is 0 Å². The minimum absolute atomic E-state index is 0.0783. The van der Waals surface area contributed by atoms with Crippen molar-refractivity contribution in [3.63, 3.8) is 0 Å². The average Bonchev–Trinajstić information content (AvgIpc) is 2.55. The Kier molecular flexibility index (Phi) is 5.52. The minimum Gasteiger partial charge on any atom is -0.363 e. The maximum absolute atomic E-state index is 12.2. The fourth-order valence-corrected chi connectivity index (χ4v) is 2.04. The van der Waals surface area contributed by atoms with Gasteiger partial charge in [0.05, 0.1) is 5.56 Å². The van der Waals surface area contributed by atoms with Crippen LogP contribution in [0, 0.1) is 0 Å². The van der Waals surface area contributed by atoms with Crippen molar-refractivity contribution in [1.29, 1.82) is 0 Å². The molecule has 24 heavy (non-hydrogen) atoms. The van der Waals surface area contributed by atoms with Crippen LogP contribution in [0.4, 0.5) is 11.5 Å². The van der Waals surface area contributed by atoms with E-state index in [-0.39, 0.29) is 17.9 Å². The van der Waals surface area contributed by atoms with Crippen LogP contribution in [-0.2, 0) is 0 Å². The van der Waals surface area contributed by atoms with Crippen molar-refractivity contribution in [1.82, 2.24) is 10.3 Å². The Morgan fingerprint density at radius 2 is 1.58 bits per heavy atom. The van der Waals surface area contributed by atoms with Crippen LogP contribution in [0.3, 0.4) is 0 Å². The first kappa shape index (κ1) is 17.5. The van der Waals surface area contributed by atoms with Gasteiger partial charge in [-0.2, -0.15) is 0 Å². The van der Waals surface area contributed by atoms with E-state index in [1.54, 1.807) is 36.4 Å². The molecule has 6 heteroatoms. The lowest BCUT2D eigenvalue weighted by Gasteiger charge is -2.11. The number of anilines is 2. The molecule has 0 aliphatic rings. The highest BCUT2D eigenvalue weighted by Gasteiger charge is 2.09. The molecule has 1 aromatic carbocycles. The van der Waals surface area contributed by atoms with Gasteiger partial charge in [0.2, 0.25) is 0 Å². The largest absolute Gasteiger partial charge is 0.363 e. The lowest BCUT2D eigenvalue weighted by Crippen LogP contribution is -2.30. The molecule has 2 aromatic rings. The van der Waals surface area contributed by atoms with Crippen LogP contribution < -0.4 is 15.5 Å². The number of aromatic nitrogens is 1. The molecule has 0 radical (unpaired) electrons. The summed E-state index contributed by atoms with van der Waals surface area (Å²) in [4.78, 5) is 30.2. The summed E-state index contributed by atoms with van der Waals surface area (Å²) >= 11 is 0. The molecule has 0 saturated carbocycles. The van der Waals surface area contributed by atoms with Gasteiger partial charge in [0.25, 0.3) is 11.8 Å². The highest BCUT2D eigenvalue weighted by molar-refractivity contribution is 6.04. The van der Waals surface area contributed by atoms with Gasteiger partial charge < -0.3 is 15.5 Å². The summed E-state index contributed by atoms with van der Waals surface area (Å²) in [6.45, 7) is 3.81. The molecule has 0 unspecified atom stereocenters. The van der Waals surface area contributed by atoms with Gasteiger partial charge in [0.1, 0.15) is 5.82 Å². The standard InChI is InChI=1S/C18H22N4O2/c1-12(2)20-17(23)13-5-8-15(9-6-13)21-18(24)14-7-10-16(19-11-14)22(3)4/h5-12H,1-4H3,(H,20,23)(H,21,24). The quantitative estimate of drug-likeness (QED) is 0.885. The van der Waals surface area contributed by atoms with E-state index in [1.807, 2.05) is 32.8 Å².